The highest BCUT2D eigenvalue weighted by Gasteiger charge is 2.28. The molecule has 0 aromatic carbocycles. The summed E-state index contributed by atoms with van der Waals surface area (Å²) >= 11 is 0. The molecule has 2 aliphatic heterocycles. The van der Waals surface area contributed by atoms with Gasteiger partial charge in [-0.25, -0.2) is 13.4 Å². The number of hydrogen-bond acceptors (Lipinski definition) is 7. The lowest BCUT2D eigenvalue weighted by Gasteiger charge is -2.35. The molecule has 0 bridgehead atoms. The van der Waals surface area contributed by atoms with Crippen LogP contribution in [-0.4, -0.2) is 99.6 Å². The van der Waals surface area contributed by atoms with E-state index in [2.05, 4.69) is 33.9 Å². The molecule has 2 fully saturated rings. The van der Waals surface area contributed by atoms with Gasteiger partial charge in [-0.1, -0.05) is 13.8 Å². The molecule has 1 aromatic rings. The Morgan fingerprint density at radius 3 is 2.38 bits per heavy atom. The lowest BCUT2D eigenvalue weighted by Crippen LogP contribution is -2.47. The first-order valence-corrected chi connectivity index (χ1v) is 12.0. The highest BCUT2D eigenvalue weighted by Crippen LogP contribution is 2.19. The van der Waals surface area contributed by atoms with E-state index in [9.17, 15) is 8.42 Å². The number of aromatic nitrogens is 1. The van der Waals surface area contributed by atoms with Gasteiger partial charge in [-0.2, -0.15) is 4.31 Å². The Kier molecular flexibility index (Phi) is 7.86. The van der Waals surface area contributed by atoms with Crippen molar-refractivity contribution < 1.29 is 13.2 Å². The number of nitrogens with one attached hydrogen (secondary N) is 1. The van der Waals surface area contributed by atoms with Gasteiger partial charge in [-0.05, 0) is 31.5 Å². The summed E-state index contributed by atoms with van der Waals surface area (Å²) in [6.07, 6.45) is 2.57. The molecule has 8 nitrogen and oxygen atoms in total. The van der Waals surface area contributed by atoms with E-state index in [1.54, 1.807) is 16.4 Å². The van der Waals surface area contributed by atoms with Gasteiger partial charge in [0.25, 0.3) is 0 Å². The second kappa shape index (κ2) is 10.2. The molecule has 2 aliphatic rings. The Labute approximate surface area is 175 Å². The van der Waals surface area contributed by atoms with Crippen molar-refractivity contribution in [1.82, 2.24) is 19.1 Å². The Morgan fingerprint density at radius 1 is 1.10 bits per heavy atom. The minimum absolute atomic E-state index is 0.263. The van der Waals surface area contributed by atoms with Crippen molar-refractivity contribution in [1.29, 1.82) is 0 Å². The lowest BCUT2D eigenvalue weighted by molar-refractivity contribution is 0.0150. The van der Waals surface area contributed by atoms with E-state index in [1.165, 1.54) is 6.20 Å². The number of piperazine rings is 1. The largest absolute Gasteiger partial charge is 0.379 e. The zero-order valence-electron chi connectivity index (χ0n) is 17.9. The highest BCUT2D eigenvalue weighted by molar-refractivity contribution is 7.89. The molecule has 29 heavy (non-hydrogen) atoms. The Balaban J connectivity index is 1.60. The summed E-state index contributed by atoms with van der Waals surface area (Å²) in [7, 11) is -1.46. The SMILES string of the molecule is CC(C)CC(CNc1ccc(S(=O)(=O)N2CCN(C)CC2)cn1)N1CCOCC1. The molecule has 0 saturated carbocycles. The molecular formula is C20H35N5O3S. The second-order valence-corrected chi connectivity index (χ2v) is 10.3. The van der Waals surface area contributed by atoms with Crippen molar-refractivity contribution in [3.8, 4) is 0 Å². The van der Waals surface area contributed by atoms with Crippen molar-refractivity contribution in [2.24, 2.45) is 5.92 Å². The summed E-state index contributed by atoms with van der Waals surface area (Å²) in [4.78, 5) is 9.26. The quantitative estimate of drug-likeness (QED) is 0.670. The zero-order chi connectivity index (χ0) is 20.9. The Bertz CT molecular complexity index is 727. The molecule has 0 amide bonds. The van der Waals surface area contributed by atoms with Gasteiger partial charge in [0.2, 0.25) is 10.0 Å². The molecule has 9 heteroatoms. The van der Waals surface area contributed by atoms with Crippen LogP contribution in [0.25, 0.3) is 0 Å². The number of pyridine rings is 1. The molecule has 0 aliphatic carbocycles. The number of sulfonamides is 1. The fraction of sp³-hybridized carbons (Fsp3) is 0.750. The number of rotatable bonds is 8. The van der Waals surface area contributed by atoms with Crippen LogP contribution in [-0.2, 0) is 14.8 Å². The number of likely N-dealkylation sites (N-methyl/N-ethyl adjacent to an activating group) is 1. The van der Waals surface area contributed by atoms with E-state index in [0.717, 1.165) is 52.4 Å². The summed E-state index contributed by atoms with van der Waals surface area (Å²) in [5.41, 5.74) is 0. The first-order valence-electron chi connectivity index (χ1n) is 10.6. The van der Waals surface area contributed by atoms with Crippen molar-refractivity contribution in [3.05, 3.63) is 18.3 Å². The molecule has 3 rings (SSSR count). The zero-order valence-corrected chi connectivity index (χ0v) is 18.7. The first kappa shape index (κ1) is 22.4. The minimum Gasteiger partial charge on any atom is -0.379 e. The fourth-order valence-corrected chi connectivity index (χ4v) is 5.25. The molecule has 0 radical (unpaired) electrons. The van der Waals surface area contributed by atoms with Crippen molar-refractivity contribution in [2.75, 3.05) is 71.4 Å². The van der Waals surface area contributed by atoms with Gasteiger partial charge >= 0.3 is 0 Å². The van der Waals surface area contributed by atoms with Crippen LogP contribution in [0.1, 0.15) is 20.3 Å². The van der Waals surface area contributed by atoms with E-state index < -0.39 is 10.0 Å². The van der Waals surface area contributed by atoms with Crippen LogP contribution in [0.2, 0.25) is 0 Å². The monoisotopic (exact) mass is 425 g/mol. The molecule has 1 unspecified atom stereocenters. The molecule has 3 heterocycles. The standard InChI is InChI=1S/C20H35N5O3S/c1-17(2)14-18(24-10-12-28-13-11-24)15-21-20-5-4-19(16-22-20)29(26,27)25-8-6-23(3)7-9-25/h4-5,16-18H,6-15H2,1-3H3,(H,21,22). The van der Waals surface area contributed by atoms with Gasteiger partial charge in [0.05, 0.1) is 13.2 Å². The maximum absolute atomic E-state index is 12.8. The molecule has 2 saturated heterocycles. The van der Waals surface area contributed by atoms with Crippen molar-refractivity contribution in [3.63, 3.8) is 0 Å². The van der Waals surface area contributed by atoms with E-state index in [-0.39, 0.29) is 4.90 Å². The average molecular weight is 426 g/mol. The van der Waals surface area contributed by atoms with Gasteiger partial charge in [0, 0.05) is 58.1 Å². The highest BCUT2D eigenvalue weighted by atomic mass is 32.2. The van der Waals surface area contributed by atoms with Crippen LogP contribution < -0.4 is 5.32 Å². The van der Waals surface area contributed by atoms with Crippen LogP contribution in [0, 0.1) is 5.92 Å². The summed E-state index contributed by atoms with van der Waals surface area (Å²) in [5.74, 6) is 1.32. The van der Waals surface area contributed by atoms with Gasteiger partial charge in [-0.3, -0.25) is 4.90 Å². The predicted octanol–water partition coefficient (Wildman–Crippen LogP) is 1.18. The molecular weight excluding hydrogens is 390 g/mol. The molecule has 1 N–H and O–H groups in total. The smallest absolute Gasteiger partial charge is 0.244 e. The van der Waals surface area contributed by atoms with Gasteiger partial charge in [0.15, 0.2) is 0 Å². The van der Waals surface area contributed by atoms with Crippen molar-refractivity contribution in [2.45, 2.75) is 31.2 Å². The van der Waals surface area contributed by atoms with E-state index in [4.69, 9.17) is 4.74 Å². The fourth-order valence-electron chi connectivity index (χ4n) is 3.89. The summed E-state index contributed by atoms with van der Waals surface area (Å²) < 4.78 is 32.7. The maximum Gasteiger partial charge on any atom is 0.244 e. The predicted molar refractivity (Wildman–Crippen MR) is 115 cm³/mol. The Hall–Kier alpha value is -1.26. The van der Waals surface area contributed by atoms with Crippen LogP contribution in [0.15, 0.2) is 23.2 Å². The lowest BCUT2D eigenvalue weighted by atomic mass is 10.0. The third kappa shape index (κ3) is 6.11. The third-order valence-corrected chi connectivity index (χ3v) is 7.54. The normalized spacial score (nSPS) is 21.4. The van der Waals surface area contributed by atoms with Crippen molar-refractivity contribution >= 4 is 15.8 Å². The van der Waals surface area contributed by atoms with Crippen LogP contribution >= 0.6 is 0 Å². The molecule has 1 atom stereocenters. The number of morpholine rings is 1. The summed E-state index contributed by atoms with van der Waals surface area (Å²) in [5, 5.41) is 3.40. The van der Waals surface area contributed by atoms with Gasteiger partial charge in [0.1, 0.15) is 10.7 Å². The topological polar surface area (TPSA) is 78.0 Å². The number of ether oxygens (including phenoxy) is 1. The minimum atomic E-state index is -3.47. The van der Waals surface area contributed by atoms with E-state index in [1.807, 2.05) is 7.05 Å². The van der Waals surface area contributed by atoms with E-state index >= 15 is 0 Å². The second-order valence-electron chi connectivity index (χ2n) is 8.40. The maximum atomic E-state index is 12.8. The third-order valence-electron chi connectivity index (χ3n) is 5.66. The average Bonchev–Trinajstić information content (AvgIpc) is 2.72. The van der Waals surface area contributed by atoms with E-state index in [0.29, 0.717) is 30.9 Å². The number of anilines is 1. The molecule has 0 spiro atoms. The molecule has 1 aromatic heterocycles. The number of nitrogens with zero attached hydrogens (tertiary/aromatic N) is 4. The number of hydrogen-bond donors (Lipinski definition) is 1. The van der Waals surface area contributed by atoms with Crippen LogP contribution in [0.4, 0.5) is 5.82 Å². The van der Waals surface area contributed by atoms with Crippen LogP contribution in [0.3, 0.4) is 0 Å². The summed E-state index contributed by atoms with van der Waals surface area (Å²) in [6.45, 7) is 11.3. The summed E-state index contributed by atoms with van der Waals surface area (Å²) in [6, 6.07) is 3.85. The van der Waals surface area contributed by atoms with Gasteiger partial charge < -0.3 is 15.0 Å². The van der Waals surface area contributed by atoms with Gasteiger partial charge in [-0.15, -0.1) is 0 Å². The Morgan fingerprint density at radius 2 is 1.79 bits per heavy atom. The first-order chi connectivity index (χ1) is 13.9. The van der Waals surface area contributed by atoms with Crippen LogP contribution in [0.5, 0.6) is 0 Å². The molecule has 164 valence electrons.